The molecule has 1 aliphatic rings. The molecule has 0 amide bonds. The summed E-state index contributed by atoms with van der Waals surface area (Å²) in [6, 6.07) is 2.49. The van der Waals surface area contributed by atoms with Crippen molar-refractivity contribution in [2.75, 3.05) is 7.11 Å². The fraction of sp³-hybridized carbons (Fsp3) is 0.455. The normalized spacial score (nSPS) is 25.8. The van der Waals surface area contributed by atoms with Crippen LogP contribution in [0.2, 0.25) is 10.0 Å². The van der Waals surface area contributed by atoms with E-state index in [1.807, 2.05) is 0 Å². The molecular formula is C11H10Cl3NO4. The molecule has 3 unspecified atom stereocenters. The van der Waals surface area contributed by atoms with Crippen molar-refractivity contribution >= 4 is 40.5 Å². The molecule has 0 bridgehead atoms. The van der Waals surface area contributed by atoms with Gasteiger partial charge in [0.15, 0.2) is 5.75 Å². The fourth-order valence-electron chi connectivity index (χ4n) is 1.86. The molecule has 0 radical (unpaired) electrons. The van der Waals surface area contributed by atoms with Gasteiger partial charge in [-0.05, 0) is 0 Å². The number of hydrogen-bond acceptors (Lipinski definition) is 4. The van der Waals surface area contributed by atoms with E-state index in [1.165, 1.54) is 13.2 Å². The molecule has 1 aliphatic carbocycles. The average Bonchev–Trinajstić information content (AvgIpc) is 2.32. The van der Waals surface area contributed by atoms with Crippen LogP contribution in [-0.2, 0) is 4.74 Å². The number of rotatable bonds is 4. The Kier molecular flexibility index (Phi) is 4.40. The number of benzene rings is 1. The van der Waals surface area contributed by atoms with E-state index < -0.39 is 4.92 Å². The van der Waals surface area contributed by atoms with Crippen LogP contribution >= 0.6 is 34.8 Å². The first-order chi connectivity index (χ1) is 8.93. The molecule has 3 atom stereocenters. The Balaban J connectivity index is 2.25. The van der Waals surface area contributed by atoms with Crippen LogP contribution in [0.15, 0.2) is 12.1 Å². The van der Waals surface area contributed by atoms with Gasteiger partial charge < -0.3 is 9.47 Å². The standard InChI is InChI=1S/C11H10Cl3NO4/c1-18-11-7(14)4-10(11)19-9-3-6(13)5(12)2-8(9)15(16)17/h2-3,7,10-11H,4H2,1H3. The lowest BCUT2D eigenvalue weighted by Crippen LogP contribution is -2.52. The summed E-state index contributed by atoms with van der Waals surface area (Å²) in [5, 5.41) is 11.1. The summed E-state index contributed by atoms with van der Waals surface area (Å²) in [4.78, 5) is 10.4. The van der Waals surface area contributed by atoms with Gasteiger partial charge in [0.05, 0.1) is 20.3 Å². The molecule has 0 spiro atoms. The number of alkyl halides is 1. The molecule has 1 aromatic carbocycles. The Bertz CT molecular complexity index is 511. The van der Waals surface area contributed by atoms with Crippen molar-refractivity contribution in [2.45, 2.75) is 24.0 Å². The first-order valence-corrected chi connectivity index (χ1v) is 6.60. The van der Waals surface area contributed by atoms with Crippen LogP contribution in [0.5, 0.6) is 5.75 Å². The van der Waals surface area contributed by atoms with Gasteiger partial charge in [-0.2, -0.15) is 0 Å². The zero-order valence-electron chi connectivity index (χ0n) is 9.81. The Hall–Kier alpha value is -0.750. The molecule has 0 aromatic heterocycles. The van der Waals surface area contributed by atoms with Crippen molar-refractivity contribution in [1.29, 1.82) is 0 Å². The molecule has 19 heavy (non-hydrogen) atoms. The summed E-state index contributed by atoms with van der Waals surface area (Å²) in [5.74, 6) is 0.0648. The molecule has 5 nitrogen and oxygen atoms in total. The number of nitro benzene ring substituents is 1. The highest BCUT2D eigenvalue weighted by atomic mass is 35.5. The van der Waals surface area contributed by atoms with Crippen LogP contribution in [0.3, 0.4) is 0 Å². The SMILES string of the molecule is COC1C(Cl)CC1Oc1cc(Cl)c(Cl)cc1[N+](=O)[O-]. The summed E-state index contributed by atoms with van der Waals surface area (Å²) in [6.07, 6.45) is -0.0727. The molecule has 2 rings (SSSR count). The van der Waals surface area contributed by atoms with E-state index in [0.717, 1.165) is 6.07 Å². The van der Waals surface area contributed by atoms with Crippen LogP contribution in [0.25, 0.3) is 0 Å². The maximum atomic E-state index is 11.0. The number of nitro groups is 1. The summed E-state index contributed by atoms with van der Waals surface area (Å²) < 4.78 is 10.7. The van der Waals surface area contributed by atoms with Crippen molar-refractivity contribution in [2.24, 2.45) is 0 Å². The second-order valence-electron chi connectivity index (χ2n) is 4.10. The van der Waals surface area contributed by atoms with E-state index in [0.29, 0.717) is 6.42 Å². The van der Waals surface area contributed by atoms with E-state index in [1.54, 1.807) is 0 Å². The van der Waals surface area contributed by atoms with Gasteiger partial charge in [-0.1, -0.05) is 23.2 Å². The van der Waals surface area contributed by atoms with Gasteiger partial charge >= 0.3 is 5.69 Å². The number of ether oxygens (including phenoxy) is 2. The third-order valence-electron chi connectivity index (χ3n) is 2.93. The summed E-state index contributed by atoms with van der Waals surface area (Å²) >= 11 is 17.5. The Morgan fingerprint density at radius 2 is 2.00 bits per heavy atom. The number of halogens is 3. The van der Waals surface area contributed by atoms with Gasteiger partial charge in [0.1, 0.15) is 12.2 Å². The van der Waals surface area contributed by atoms with Gasteiger partial charge in [0, 0.05) is 25.7 Å². The van der Waals surface area contributed by atoms with Crippen molar-refractivity contribution in [3.8, 4) is 5.75 Å². The predicted octanol–water partition coefficient (Wildman–Crippen LogP) is 3.68. The quantitative estimate of drug-likeness (QED) is 0.481. The number of nitrogens with zero attached hydrogens (tertiary/aromatic N) is 1. The molecule has 0 heterocycles. The third-order valence-corrected chi connectivity index (χ3v) is 4.08. The minimum Gasteiger partial charge on any atom is -0.481 e. The van der Waals surface area contributed by atoms with E-state index >= 15 is 0 Å². The van der Waals surface area contributed by atoms with Crippen LogP contribution in [0, 0.1) is 10.1 Å². The minimum atomic E-state index is -0.573. The van der Waals surface area contributed by atoms with Crippen LogP contribution < -0.4 is 4.74 Å². The lowest BCUT2D eigenvalue weighted by molar-refractivity contribution is -0.386. The van der Waals surface area contributed by atoms with Crippen LogP contribution in [0.1, 0.15) is 6.42 Å². The molecule has 1 saturated carbocycles. The highest BCUT2D eigenvalue weighted by Crippen LogP contribution is 2.39. The van der Waals surface area contributed by atoms with Crippen LogP contribution in [0.4, 0.5) is 5.69 Å². The predicted molar refractivity (Wildman–Crippen MR) is 72.6 cm³/mol. The summed E-state index contributed by atoms with van der Waals surface area (Å²) in [7, 11) is 1.51. The lowest BCUT2D eigenvalue weighted by atomic mass is 9.91. The fourth-order valence-corrected chi connectivity index (χ4v) is 2.61. The smallest absolute Gasteiger partial charge is 0.312 e. The first-order valence-electron chi connectivity index (χ1n) is 5.41. The van der Waals surface area contributed by atoms with E-state index in [4.69, 9.17) is 44.3 Å². The summed E-state index contributed by atoms with van der Waals surface area (Å²) in [6.45, 7) is 0. The topological polar surface area (TPSA) is 61.6 Å². The number of hydrogen-bond donors (Lipinski definition) is 0. The average molecular weight is 327 g/mol. The molecule has 1 fully saturated rings. The van der Waals surface area contributed by atoms with Crippen LogP contribution in [-0.4, -0.2) is 29.6 Å². The minimum absolute atomic E-state index is 0.0648. The maximum absolute atomic E-state index is 11.0. The lowest BCUT2D eigenvalue weighted by Gasteiger charge is -2.39. The van der Waals surface area contributed by atoms with Crippen molar-refractivity contribution in [3.63, 3.8) is 0 Å². The van der Waals surface area contributed by atoms with Crippen molar-refractivity contribution in [1.82, 2.24) is 0 Å². The van der Waals surface area contributed by atoms with Gasteiger partial charge in [-0.15, -0.1) is 11.6 Å². The van der Waals surface area contributed by atoms with Gasteiger partial charge in [0.25, 0.3) is 0 Å². The van der Waals surface area contributed by atoms with Crippen molar-refractivity contribution < 1.29 is 14.4 Å². The van der Waals surface area contributed by atoms with E-state index in [2.05, 4.69) is 0 Å². The zero-order chi connectivity index (χ0) is 14.2. The monoisotopic (exact) mass is 325 g/mol. The molecule has 104 valence electrons. The molecule has 1 aromatic rings. The Labute approximate surface area is 124 Å². The third kappa shape index (κ3) is 2.89. The second kappa shape index (κ2) is 5.71. The zero-order valence-corrected chi connectivity index (χ0v) is 12.1. The number of methoxy groups -OCH3 is 1. The Morgan fingerprint density at radius 3 is 2.53 bits per heavy atom. The van der Waals surface area contributed by atoms with Crippen molar-refractivity contribution in [3.05, 3.63) is 32.3 Å². The molecule has 0 N–H and O–H groups in total. The second-order valence-corrected chi connectivity index (χ2v) is 5.47. The highest BCUT2D eigenvalue weighted by molar-refractivity contribution is 6.42. The maximum Gasteiger partial charge on any atom is 0.312 e. The van der Waals surface area contributed by atoms with Gasteiger partial charge in [-0.3, -0.25) is 10.1 Å². The largest absolute Gasteiger partial charge is 0.481 e. The summed E-state index contributed by atoms with van der Waals surface area (Å²) in [5.41, 5.74) is -0.234. The van der Waals surface area contributed by atoms with Gasteiger partial charge in [0.2, 0.25) is 0 Å². The highest BCUT2D eigenvalue weighted by Gasteiger charge is 2.43. The molecule has 8 heteroatoms. The van der Waals surface area contributed by atoms with E-state index in [-0.39, 0.29) is 39.1 Å². The molecular weight excluding hydrogens is 316 g/mol. The Morgan fingerprint density at radius 1 is 1.37 bits per heavy atom. The van der Waals surface area contributed by atoms with E-state index in [9.17, 15) is 10.1 Å². The first kappa shape index (κ1) is 14.7. The molecule has 0 saturated heterocycles. The van der Waals surface area contributed by atoms with Gasteiger partial charge in [-0.25, -0.2) is 0 Å². The molecule has 0 aliphatic heterocycles.